The highest BCUT2D eigenvalue weighted by atomic mass is 16.4. The second-order valence-electron chi connectivity index (χ2n) is 5.66. The number of carbonyl (C=O) groups is 1. The van der Waals surface area contributed by atoms with Crippen molar-refractivity contribution >= 4 is 5.97 Å². The second-order valence-corrected chi connectivity index (χ2v) is 5.66. The van der Waals surface area contributed by atoms with Gasteiger partial charge in [0.1, 0.15) is 6.04 Å². The summed E-state index contributed by atoms with van der Waals surface area (Å²) in [5.74, 6) is -0.750. The first-order chi connectivity index (χ1) is 8.36. The van der Waals surface area contributed by atoms with Gasteiger partial charge in [0.15, 0.2) is 0 Å². The first kappa shape index (κ1) is 14.7. The smallest absolute Gasteiger partial charge is 0.321 e. The molecular weight excluding hydrogens is 226 g/mol. The van der Waals surface area contributed by atoms with Crippen molar-refractivity contribution in [3.05, 3.63) is 35.9 Å². The van der Waals surface area contributed by atoms with Gasteiger partial charge < -0.3 is 5.11 Å². The minimum atomic E-state index is -0.750. The zero-order chi connectivity index (χ0) is 13.8. The van der Waals surface area contributed by atoms with Crippen LogP contribution in [-0.4, -0.2) is 28.6 Å². The lowest BCUT2D eigenvalue weighted by Crippen LogP contribution is -2.48. The Morgan fingerprint density at radius 3 is 2.22 bits per heavy atom. The lowest BCUT2D eigenvalue weighted by Gasteiger charge is -2.36. The summed E-state index contributed by atoms with van der Waals surface area (Å²) in [5, 5.41) is 9.45. The van der Waals surface area contributed by atoms with Gasteiger partial charge in [-0.1, -0.05) is 58.0 Å². The molecule has 0 amide bonds. The molecule has 0 aliphatic carbocycles. The Labute approximate surface area is 109 Å². The number of nitrogens with zero attached hydrogens (tertiary/aromatic N) is 1. The van der Waals surface area contributed by atoms with Crippen molar-refractivity contribution in [3.63, 3.8) is 0 Å². The molecule has 0 fully saturated rings. The summed E-state index contributed by atoms with van der Waals surface area (Å²) >= 11 is 0. The molecule has 1 aromatic rings. The van der Waals surface area contributed by atoms with E-state index in [9.17, 15) is 9.90 Å². The van der Waals surface area contributed by atoms with Gasteiger partial charge in [-0.25, -0.2) is 0 Å². The Kier molecular flexibility index (Phi) is 4.91. The highest BCUT2D eigenvalue weighted by Gasteiger charge is 2.35. The molecule has 3 heteroatoms. The quantitative estimate of drug-likeness (QED) is 0.872. The topological polar surface area (TPSA) is 40.5 Å². The Hall–Kier alpha value is -1.35. The van der Waals surface area contributed by atoms with Crippen LogP contribution < -0.4 is 0 Å². The maximum absolute atomic E-state index is 11.5. The van der Waals surface area contributed by atoms with E-state index in [1.165, 1.54) is 0 Å². The molecule has 0 aromatic heterocycles. The van der Waals surface area contributed by atoms with Crippen LogP contribution in [0.25, 0.3) is 0 Å². The van der Waals surface area contributed by atoms with E-state index < -0.39 is 12.0 Å². The molecule has 0 spiro atoms. The Morgan fingerprint density at radius 2 is 1.83 bits per heavy atom. The van der Waals surface area contributed by atoms with Crippen LogP contribution >= 0.6 is 0 Å². The fourth-order valence-corrected chi connectivity index (χ4v) is 2.28. The summed E-state index contributed by atoms with van der Waals surface area (Å²) in [7, 11) is 0. The molecule has 1 N–H and O–H groups in total. The fourth-order valence-electron chi connectivity index (χ4n) is 2.28. The molecule has 1 atom stereocenters. The maximum Gasteiger partial charge on any atom is 0.321 e. The van der Waals surface area contributed by atoms with E-state index in [1.807, 2.05) is 62.9 Å². The SMILES string of the molecule is CCN(Cc1ccccc1)[C@H](C(=O)O)C(C)(C)C. The van der Waals surface area contributed by atoms with Crippen molar-refractivity contribution in [1.82, 2.24) is 4.90 Å². The van der Waals surface area contributed by atoms with Crippen molar-refractivity contribution < 1.29 is 9.90 Å². The summed E-state index contributed by atoms with van der Waals surface area (Å²) in [4.78, 5) is 13.5. The van der Waals surface area contributed by atoms with Gasteiger partial charge in [0.05, 0.1) is 0 Å². The van der Waals surface area contributed by atoms with Crippen molar-refractivity contribution in [2.24, 2.45) is 5.41 Å². The normalized spacial score (nSPS) is 13.6. The number of hydrogen-bond acceptors (Lipinski definition) is 2. The third kappa shape index (κ3) is 3.84. The molecular formula is C15H23NO2. The zero-order valence-electron chi connectivity index (χ0n) is 11.7. The van der Waals surface area contributed by atoms with E-state index >= 15 is 0 Å². The van der Waals surface area contributed by atoms with Crippen molar-refractivity contribution in [2.75, 3.05) is 6.54 Å². The van der Waals surface area contributed by atoms with Crippen LogP contribution in [0.4, 0.5) is 0 Å². The average Bonchev–Trinajstić information content (AvgIpc) is 2.27. The first-order valence-electron chi connectivity index (χ1n) is 6.37. The van der Waals surface area contributed by atoms with Gasteiger partial charge in [-0.15, -0.1) is 0 Å². The van der Waals surface area contributed by atoms with E-state index in [0.29, 0.717) is 6.54 Å². The standard InChI is InChI=1S/C15H23NO2/c1-5-16(11-12-9-7-6-8-10-12)13(14(17)18)15(2,3)4/h6-10,13H,5,11H2,1-4H3,(H,17,18)/t13-/m1/s1. The lowest BCUT2D eigenvalue weighted by atomic mass is 9.85. The van der Waals surface area contributed by atoms with Crippen LogP contribution in [0.3, 0.4) is 0 Å². The van der Waals surface area contributed by atoms with E-state index in [2.05, 4.69) is 0 Å². The fraction of sp³-hybridized carbons (Fsp3) is 0.533. The molecule has 0 unspecified atom stereocenters. The molecule has 0 saturated carbocycles. The van der Waals surface area contributed by atoms with Gasteiger partial charge in [0.25, 0.3) is 0 Å². The van der Waals surface area contributed by atoms with Gasteiger partial charge in [-0.3, -0.25) is 9.69 Å². The third-order valence-corrected chi connectivity index (χ3v) is 3.05. The molecule has 0 saturated heterocycles. The molecule has 3 nitrogen and oxygen atoms in total. The molecule has 0 aliphatic heterocycles. The summed E-state index contributed by atoms with van der Waals surface area (Å²) in [6, 6.07) is 9.53. The zero-order valence-corrected chi connectivity index (χ0v) is 11.7. The van der Waals surface area contributed by atoms with Crippen molar-refractivity contribution in [3.8, 4) is 0 Å². The molecule has 0 bridgehead atoms. The number of carboxylic acid groups (broad SMARTS) is 1. The molecule has 0 aliphatic rings. The predicted molar refractivity (Wildman–Crippen MR) is 73.4 cm³/mol. The molecule has 18 heavy (non-hydrogen) atoms. The van der Waals surface area contributed by atoms with Crippen molar-refractivity contribution in [1.29, 1.82) is 0 Å². The highest BCUT2D eigenvalue weighted by Crippen LogP contribution is 2.26. The van der Waals surface area contributed by atoms with Crippen molar-refractivity contribution in [2.45, 2.75) is 40.3 Å². The average molecular weight is 249 g/mol. The lowest BCUT2D eigenvalue weighted by molar-refractivity contribution is -0.148. The van der Waals surface area contributed by atoms with Crippen LogP contribution in [-0.2, 0) is 11.3 Å². The molecule has 0 radical (unpaired) electrons. The summed E-state index contributed by atoms with van der Waals surface area (Å²) < 4.78 is 0. The largest absolute Gasteiger partial charge is 0.480 e. The van der Waals surface area contributed by atoms with Crippen LogP contribution in [0, 0.1) is 5.41 Å². The van der Waals surface area contributed by atoms with Gasteiger partial charge >= 0.3 is 5.97 Å². The maximum atomic E-state index is 11.5. The highest BCUT2D eigenvalue weighted by molar-refractivity contribution is 5.74. The van der Waals surface area contributed by atoms with Crippen LogP contribution in [0.15, 0.2) is 30.3 Å². The van der Waals surface area contributed by atoms with E-state index in [1.54, 1.807) is 0 Å². The van der Waals surface area contributed by atoms with Gasteiger partial charge in [-0.05, 0) is 17.5 Å². The summed E-state index contributed by atoms with van der Waals surface area (Å²) in [6.45, 7) is 9.32. The van der Waals surface area contributed by atoms with Crippen LogP contribution in [0.5, 0.6) is 0 Å². The number of carboxylic acids is 1. The minimum Gasteiger partial charge on any atom is -0.480 e. The van der Waals surface area contributed by atoms with Crippen LogP contribution in [0.1, 0.15) is 33.3 Å². The number of benzene rings is 1. The predicted octanol–water partition coefficient (Wildman–Crippen LogP) is 3.01. The van der Waals surface area contributed by atoms with Gasteiger partial charge in [0.2, 0.25) is 0 Å². The Balaban J connectivity index is 2.90. The number of hydrogen-bond donors (Lipinski definition) is 1. The van der Waals surface area contributed by atoms with Gasteiger partial charge in [-0.2, -0.15) is 0 Å². The molecule has 100 valence electrons. The van der Waals surface area contributed by atoms with Gasteiger partial charge in [0, 0.05) is 6.54 Å². The number of rotatable bonds is 5. The monoisotopic (exact) mass is 249 g/mol. The molecule has 1 aromatic carbocycles. The van der Waals surface area contributed by atoms with E-state index in [4.69, 9.17) is 0 Å². The Morgan fingerprint density at radius 1 is 1.28 bits per heavy atom. The summed E-state index contributed by atoms with van der Waals surface area (Å²) in [6.07, 6.45) is 0. The second kappa shape index (κ2) is 6.01. The number of aliphatic carboxylic acids is 1. The third-order valence-electron chi connectivity index (χ3n) is 3.05. The number of likely N-dealkylation sites (N-methyl/N-ethyl adjacent to an activating group) is 1. The van der Waals surface area contributed by atoms with E-state index in [0.717, 1.165) is 12.1 Å². The first-order valence-corrected chi connectivity index (χ1v) is 6.37. The Bertz CT molecular complexity index is 381. The van der Waals surface area contributed by atoms with Crippen LogP contribution in [0.2, 0.25) is 0 Å². The van der Waals surface area contributed by atoms with E-state index in [-0.39, 0.29) is 5.41 Å². The molecule has 1 rings (SSSR count). The summed E-state index contributed by atoms with van der Waals surface area (Å²) in [5.41, 5.74) is 0.867. The minimum absolute atomic E-state index is 0.281. The molecule has 0 heterocycles.